The molecular weight excluding hydrogens is 267 g/mol. The van der Waals surface area contributed by atoms with Gasteiger partial charge in [0.25, 0.3) is 5.91 Å². The molecule has 0 radical (unpaired) electrons. The van der Waals surface area contributed by atoms with E-state index in [0.29, 0.717) is 0 Å². The third-order valence-corrected chi connectivity index (χ3v) is 4.77. The fraction of sp³-hybridized carbons (Fsp3) is 0.462. The van der Waals surface area contributed by atoms with Crippen LogP contribution in [-0.4, -0.2) is 34.8 Å². The van der Waals surface area contributed by atoms with Crippen molar-refractivity contribution in [3.05, 3.63) is 35.6 Å². The van der Waals surface area contributed by atoms with E-state index in [-0.39, 0.29) is 18.2 Å². The van der Waals surface area contributed by atoms with Gasteiger partial charge in [0.15, 0.2) is 0 Å². The molecule has 0 heterocycles. The molecule has 19 heavy (non-hydrogen) atoms. The van der Waals surface area contributed by atoms with Crippen LogP contribution in [0.25, 0.3) is 0 Å². The number of benzene rings is 1. The number of halogens is 1. The number of rotatable bonds is 4. The Morgan fingerprint density at radius 3 is 2.37 bits per heavy atom. The minimum Gasteiger partial charge on any atom is -0.272 e. The van der Waals surface area contributed by atoms with Crippen LogP contribution < -0.4 is 0 Å². The van der Waals surface area contributed by atoms with E-state index in [0.717, 1.165) is 5.56 Å². The quantitative estimate of drug-likeness (QED) is 0.853. The first-order chi connectivity index (χ1) is 8.72. The van der Waals surface area contributed by atoms with Gasteiger partial charge in [0.05, 0.1) is 0 Å². The molecule has 1 aromatic carbocycles. The number of hydrogen-bond donors (Lipinski definition) is 0. The number of amides is 1. The molecule has 1 aromatic rings. The van der Waals surface area contributed by atoms with Crippen molar-refractivity contribution >= 4 is 15.8 Å². The van der Waals surface area contributed by atoms with E-state index in [2.05, 4.69) is 4.36 Å². The molecule has 1 amide bonds. The second-order valence-electron chi connectivity index (χ2n) is 4.72. The van der Waals surface area contributed by atoms with Gasteiger partial charge in [0.1, 0.15) is 15.7 Å². The molecule has 0 fully saturated rings. The van der Waals surface area contributed by atoms with Crippen LogP contribution in [0.4, 0.5) is 4.39 Å². The summed E-state index contributed by atoms with van der Waals surface area (Å²) < 4.78 is 29.9. The Balaban J connectivity index is 2.78. The molecule has 6 heteroatoms. The molecule has 2 atom stereocenters. The predicted molar refractivity (Wildman–Crippen MR) is 74.6 cm³/mol. The smallest absolute Gasteiger partial charge is 0.255 e. The predicted octanol–water partition coefficient (Wildman–Crippen LogP) is 2.42. The molecular formula is C13H19FN2O2S. The van der Waals surface area contributed by atoms with E-state index in [1.807, 2.05) is 6.92 Å². The van der Waals surface area contributed by atoms with Crippen molar-refractivity contribution in [1.82, 2.24) is 4.31 Å². The lowest BCUT2D eigenvalue weighted by atomic mass is 9.98. The largest absolute Gasteiger partial charge is 0.272 e. The van der Waals surface area contributed by atoms with Crippen LogP contribution in [-0.2, 0) is 14.7 Å². The van der Waals surface area contributed by atoms with E-state index < -0.39 is 15.8 Å². The van der Waals surface area contributed by atoms with Gasteiger partial charge >= 0.3 is 0 Å². The molecule has 106 valence electrons. The van der Waals surface area contributed by atoms with Gasteiger partial charge in [-0.25, -0.2) is 12.9 Å². The highest BCUT2D eigenvalue weighted by Crippen LogP contribution is 2.20. The summed E-state index contributed by atoms with van der Waals surface area (Å²) in [6.45, 7) is 1.85. The minimum atomic E-state index is -2.63. The summed E-state index contributed by atoms with van der Waals surface area (Å²) in [6.07, 6.45) is 1.58. The van der Waals surface area contributed by atoms with Crippen LogP contribution in [0.3, 0.4) is 0 Å². The van der Waals surface area contributed by atoms with Crippen molar-refractivity contribution in [1.29, 1.82) is 0 Å². The SMILES string of the molecule is CC(CC(=O)N=S(C)(=O)N(C)C)c1ccc(F)cc1. The van der Waals surface area contributed by atoms with Crippen LogP contribution in [0, 0.1) is 5.82 Å². The van der Waals surface area contributed by atoms with Crippen molar-refractivity contribution in [2.45, 2.75) is 19.3 Å². The second-order valence-corrected chi connectivity index (χ2v) is 7.15. The van der Waals surface area contributed by atoms with E-state index in [1.165, 1.54) is 22.7 Å². The first-order valence-corrected chi connectivity index (χ1v) is 7.78. The normalized spacial score (nSPS) is 15.9. The summed E-state index contributed by atoms with van der Waals surface area (Å²) in [7, 11) is 0.594. The fourth-order valence-electron chi connectivity index (χ4n) is 1.48. The Morgan fingerprint density at radius 1 is 1.37 bits per heavy atom. The third kappa shape index (κ3) is 4.72. The van der Waals surface area contributed by atoms with Gasteiger partial charge in [-0.1, -0.05) is 19.1 Å². The van der Waals surface area contributed by atoms with Gasteiger partial charge in [-0.2, -0.15) is 0 Å². The minimum absolute atomic E-state index is 0.0887. The maximum absolute atomic E-state index is 12.8. The molecule has 0 saturated heterocycles. The van der Waals surface area contributed by atoms with Crippen molar-refractivity contribution in [3.8, 4) is 0 Å². The Bertz CT molecular complexity index is 561. The number of carbonyl (C=O) groups is 1. The number of hydrogen-bond acceptors (Lipinski definition) is 2. The van der Waals surface area contributed by atoms with Crippen molar-refractivity contribution < 1.29 is 13.4 Å². The molecule has 2 unspecified atom stereocenters. The summed E-state index contributed by atoms with van der Waals surface area (Å²) in [5.74, 6) is -0.802. The summed E-state index contributed by atoms with van der Waals surface area (Å²) in [6, 6.07) is 6.00. The van der Waals surface area contributed by atoms with Crippen LogP contribution in [0.15, 0.2) is 28.6 Å². The zero-order valence-corrected chi connectivity index (χ0v) is 12.4. The van der Waals surface area contributed by atoms with Crippen LogP contribution in [0.5, 0.6) is 0 Å². The highest BCUT2D eigenvalue weighted by molar-refractivity contribution is 7.90. The summed E-state index contributed by atoms with van der Waals surface area (Å²) in [4.78, 5) is 11.8. The molecule has 0 aromatic heterocycles. The third-order valence-electron chi connectivity index (χ3n) is 2.87. The molecule has 0 aliphatic heterocycles. The summed E-state index contributed by atoms with van der Waals surface area (Å²) in [5.41, 5.74) is 0.859. The highest BCUT2D eigenvalue weighted by atomic mass is 32.2. The van der Waals surface area contributed by atoms with Gasteiger partial charge < -0.3 is 0 Å². The molecule has 1 rings (SSSR count). The Labute approximate surface area is 113 Å². The molecule has 0 aliphatic rings. The van der Waals surface area contributed by atoms with E-state index in [9.17, 15) is 13.4 Å². The van der Waals surface area contributed by atoms with Gasteiger partial charge in [-0.15, -0.1) is 4.36 Å². The zero-order chi connectivity index (χ0) is 14.6. The second kappa shape index (κ2) is 6.25. The molecule has 0 bridgehead atoms. The molecule has 0 saturated carbocycles. The highest BCUT2D eigenvalue weighted by Gasteiger charge is 2.13. The Morgan fingerprint density at radius 2 is 1.89 bits per heavy atom. The fourth-order valence-corrected chi connectivity index (χ4v) is 2.09. The monoisotopic (exact) mass is 286 g/mol. The van der Waals surface area contributed by atoms with E-state index in [4.69, 9.17) is 0 Å². The van der Waals surface area contributed by atoms with Crippen LogP contribution >= 0.6 is 0 Å². The van der Waals surface area contributed by atoms with Gasteiger partial charge in [-0.3, -0.25) is 4.79 Å². The number of carbonyl (C=O) groups excluding carboxylic acids is 1. The maximum Gasteiger partial charge on any atom is 0.255 e. The summed E-state index contributed by atoms with van der Waals surface area (Å²) in [5, 5.41) is 0. The standard InChI is InChI=1S/C13H19FN2O2S/c1-10(11-5-7-12(14)8-6-11)9-13(17)15-19(4,18)16(2)3/h5-8,10H,9H2,1-4H3. The lowest BCUT2D eigenvalue weighted by Crippen LogP contribution is -2.21. The van der Waals surface area contributed by atoms with Gasteiger partial charge in [0.2, 0.25) is 0 Å². The van der Waals surface area contributed by atoms with Crippen LogP contribution in [0.1, 0.15) is 24.8 Å². The van der Waals surface area contributed by atoms with Gasteiger partial charge in [0, 0.05) is 26.8 Å². The van der Waals surface area contributed by atoms with Gasteiger partial charge in [-0.05, 0) is 23.6 Å². The van der Waals surface area contributed by atoms with E-state index in [1.54, 1.807) is 26.2 Å². The topological polar surface area (TPSA) is 49.7 Å². The number of nitrogens with zero attached hydrogens (tertiary/aromatic N) is 2. The molecule has 0 aliphatic carbocycles. The zero-order valence-electron chi connectivity index (χ0n) is 11.6. The first-order valence-electron chi connectivity index (χ1n) is 5.90. The first kappa shape index (κ1) is 15.8. The van der Waals surface area contributed by atoms with Crippen molar-refractivity contribution in [3.63, 3.8) is 0 Å². The average Bonchev–Trinajstić information content (AvgIpc) is 2.28. The lowest BCUT2D eigenvalue weighted by molar-refractivity contribution is -0.117. The molecule has 0 spiro atoms. The Hall–Kier alpha value is -1.27. The molecule has 0 N–H and O–H groups in total. The summed E-state index contributed by atoms with van der Waals surface area (Å²) >= 11 is 0. The average molecular weight is 286 g/mol. The van der Waals surface area contributed by atoms with E-state index >= 15 is 0 Å². The Kier molecular flexibility index (Phi) is 5.20. The van der Waals surface area contributed by atoms with Crippen LogP contribution in [0.2, 0.25) is 0 Å². The maximum atomic E-state index is 12.8. The lowest BCUT2D eigenvalue weighted by Gasteiger charge is -2.13. The van der Waals surface area contributed by atoms with Crippen molar-refractivity contribution in [2.24, 2.45) is 4.36 Å². The van der Waals surface area contributed by atoms with Crippen molar-refractivity contribution in [2.75, 3.05) is 20.4 Å². The molecule has 4 nitrogen and oxygen atoms in total.